The molecule has 1 saturated carbocycles. The van der Waals surface area contributed by atoms with E-state index in [0.29, 0.717) is 35.5 Å². The Bertz CT molecular complexity index is 950. The van der Waals surface area contributed by atoms with Crippen LogP contribution in [0.25, 0.3) is 0 Å². The number of fused-ring (bicyclic) bond motifs is 1. The number of likely N-dealkylation sites (tertiary alicyclic amines) is 1. The second-order valence-electron chi connectivity index (χ2n) is 10.4. The highest BCUT2D eigenvalue weighted by Crippen LogP contribution is 2.37. The van der Waals surface area contributed by atoms with Crippen molar-refractivity contribution in [1.29, 1.82) is 0 Å². The average Bonchev–Trinajstić information content (AvgIpc) is 2.88. The van der Waals surface area contributed by atoms with Gasteiger partial charge < -0.3 is 9.80 Å². The SMILES string of the molecule is O=C(c1ccc(N2CCCCC2)c(S(=O)(=O)N2CCCCC2)c1)N1CCCC2CCCCC21. The predicted octanol–water partition coefficient (Wildman–Crippen LogP) is 4.65. The van der Waals surface area contributed by atoms with E-state index in [4.69, 9.17) is 0 Å². The van der Waals surface area contributed by atoms with Crippen molar-refractivity contribution in [2.24, 2.45) is 5.92 Å². The number of benzene rings is 1. The molecule has 0 bridgehead atoms. The van der Waals surface area contributed by atoms with Crippen molar-refractivity contribution in [2.75, 3.05) is 37.6 Å². The molecular formula is C26H39N3O3S. The second kappa shape index (κ2) is 9.95. The Morgan fingerprint density at radius 3 is 2.18 bits per heavy atom. The molecule has 1 amide bonds. The van der Waals surface area contributed by atoms with Gasteiger partial charge in [-0.05, 0) is 81.9 Å². The van der Waals surface area contributed by atoms with Crippen LogP contribution >= 0.6 is 0 Å². The zero-order valence-corrected chi connectivity index (χ0v) is 20.7. The normalized spacial score (nSPS) is 27.3. The van der Waals surface area contributed by atoms with Crippen molar-refractivity contribution >= 4 is 21.6 Å². The third-order valence-corrected chi connectivity index (χ3v) is 10.3. The largest absolute Gasteiger partial charge is 0.370 e. The van der Waals surface area contributed by atoms with E-state index in [0.717, 1.165) is 70.3 Å². The van der Waals surface area contributed by atoms with Crippen LogP contribution in [0.1, 0.15) is 87.4 Å². The monoisotopic (exact) mass is 473 g/mol. The smallest absolute Gasteiger partial charge is 0.254 e. The summed E-state index contributed by atoms with van der Waals surface area (Å²) in [7, 11) is -3.63. The van der Waals surface area contributed by atoms with E-state index in [1.54, 1.807) is 10.4 Å². The van der Waals surface area contributed by atoms with Crippen LogP contribution in [0.15, 0.2) is 23.1 Å². The Labute approximate surface area is 199 Å². The molecule has 2 atom stereocenters. The maximum absolute atomic E-state index is 13.8. The molecule has 1 aliphatic carbocycles. The molecule has 0 radical (unpaired) electrons. The van der Waals surface area contributed by atoms with E-state index in [9.17, 15) is 13.2 Å². The summed E-state index contributed by atoms with van der Waals surface area (Å²) in [6.45, 7) is 3.71. The Morgan fingerprint density at radius 2 is 1.42 bits per heavy atom. The summed E-state index contributed by atoms with van der Waals surface area (Å²) in [6, 6.07) is 5.83. The van der Waals surface area contributed by atoms with Gasteiger partial charge in [0, 0.05) is 44.3 Å². The molecule has 5 rings (SSSR count). The number of amides is 1. The lowest BCUT2D eigenvalue weighted by Crippen LogP contribution is -2.49. The molecule has 7 heteroatoms. The number of nitrogens with zero attached hydrogens (tertiary/aromatic N) is 3. The molecular weight excluding hydrogens is 434 g/mol. The highest BCUT2D eigenvalue weighted by molar-refractivity contribution is 7.89. The van der Waals surface area contributed by atoms with E-state index < -0.39 is 10.0 Å². The Balaban J connectivity index is 1.49. The fourth-order valence-corrected chi connectivity index (χ4v) is 8.29. The number of piperidine rings is 3. The minimum atomic E-state index is -3.63. The van der Waals surface area contributed by atoms with E-state index in [1.165, 1.54) is 32.1 Å². The van der Waals surface area contributed by atoms with Crippen molar-refractivity contribution in [3.63, 3.8) is 0 Å². The number of hydrogen-bond acceptors (Lipinski definition) is 4. The molecule has 1 aromatic carbocycles. The Hall–Kier alpha value is -1.60. The van der Waals surface area contributed by atoms with Crippen LogP contribution in [0, 0.1) is 5.92 Å². The minimum absolute atomic E-state index is 0.0203. The van der Waals surface area contributed by atoms with E-state index >= 15 is 0 Å². The average molecular weight is 474 g/mol. The summed E-state index contributed by atoms with van der Waals surface area (Å²) in [5.41, 5.74) is 1.32. The predicted molar refractivity (Wildman–Crippen MR) is 131 cm³/mol. The first-order valence-electron chi connectivity index (χ1n) is 13.3. The molecule has 3 aliphatic heterocycles. The number of rotatable bonds is 4. The number of carbonyl (C=O) groups is 1. The number of anilines is 1. The fraction of sp³-hybridized carbons (Fsp3) is 0.731. The lowest BCUT2D eigenvalue weighted by molar-refractivity contribution is 0.0390. The van der Waals surface area contributed by atoms with Crippen molar-refractivity contribution in [3.8, 4) is 0 Å². The van der Waals surface area contributed by atoms with Gasteiger partial charge in [0.25, 0.3) is 5.91 Å². The third-order valence-electron chi connectivity index (χ3n) is 8.34. The molecule has 6 nitrogen and oxygen atoms in total. The van der Waals surface area contributed by atoms with Gasteiger partial charge in [0.2, 0.25) is 10.0 Å². The Morgan fingerprint density at radius 1 is 0.758 bits per heavy atom. The summed E-state index contributed by atoms with van der Waals surface area (Å²) in [5.74, 6) is 0.632. The molecule has 2 unspecified atom stereocenters. The molecule has 0 spiro atoms. The first-order valence-corrected chi connectivity index (χ1v) is 14.7. The summed E-state index contributed by atoms with van der Waals surface area (Å²) in [6.07, 6.45) is 13.3. The van der Waals surface area contributed by atoms with Crippen LogP contribution in [0.4, 0.5) is 5.69 Å². The standard InChI is InChI=1S/C26H39N3O3S/c30-26(29-19-9-11-21-10-3-4-12-23(21)29)22-13-14-24(27-15-5-1-6-16-27)25(20-22)33(31,32)28-17-7-2-8-18-28/h13-14,20-21,23H,1-12,15-19H2. The molecule has 1 aromatic rings. The molecule has 3 heterocycles. The van der Waals surface area contributed by atoms with Crippen LogP contribution in [-0.2, 0) is 10.0 Å². The molecule has 0 N–H and O–H groups in total. The first-order chi connectivity index (χ1) is 16.1. The third kappa shape index (κ3) is 4.68. The summed E-state index contributed by atoms with van der Waals surface area (Å²) in [5, 5.41) is 0. The van der Waals surface area contributed by atoms with Gasteiger partial charge in [-0.1, -0.05) is 19.3 Å². The van der Waals surface area contributed by atoms with Crippen molar-refractivity contribution in [3.05, 3.63) is 23.8 Å². The second-order valence-corrected chi connectivity index (χ2v) is 12.4. The molecule has 4 fully saturated rings. The van der Waals surface area contributed by atoms with Crippen LogP contribution in [0.2, 0.25) is 0 Å². The number of hydrogen-bond donors (Lipinski definition) is 0. The number of sulfonamides is 1. The van der Waals surface area contributed by atoms with Gasteiger partial charge >= 0.3 is 0 Å². The lowest BCUT2D eigenvalue weighted by atomic mass is 9.78. The van der Waals surface area contributed by atoms with Crippen LogP contribution in [-0.4, -0.2) is 62.3 Å². The maximum Gasteiger partial charge on any atom is 0.254 e. The molecule has 3 saturated heterocycles. The molecule has 33 heavy (non-hydrogen) atoms. The van der Waals surface area contributed by atoms with Crippen LogP contribution < -0.4 is 4.90 Å². The minimum Gasteiger partial charge on any atom is -0.370 e. The van der Waals surface area contributed by atoms with Gasteiger partial charge in [0.15, 0.2) is 0 Å². The van der Waals surface area contributed by atoms with E-state index in [2.05, 4.69) is 9.80 Å². The highest BCUT2D eigenvalue weighted by atomic mass is 32.2. The molecule has 182 valence electrons. The lowest BCUT2D eigenvalue weighted by Gasteiger charge is -2.44. The van der Waals surface area contributed by atoms with Gasteiger partial charge in [-0.25, -0.2) is 8.42 Å². The fourth-order valence-electron chi connectivity index (χ4n) is 6.54. The zero-order valence-electron chi connectivity index (χ0n) is 19.9. The molecule has 0 aromatic heterocycles. The van der Waals surface area contributed by atoms with Crippen molar-refractivity contribution in [2.45, 2.75) is 88.0 Å². The van der Waals surface area contributed by atoms with Crippen LogP contribution in [0.5, 0.6) is 0 Å². The summed E-state index contributed by atoms with van der Waals surface area (Å²) < 4.78 is 29.3. The van der Waals surface area contributed by atoms with E-state index in [-0.39, 0.29) is 5.91 Å². The van der Waals surface area contributed by atoms with Gasteiger partial charge in [0.05, 0.1) is 5.69 Å². The molecule has 4 aliphatic rings. The first kappa shape index (κ1) is 23.2. The van der Waals surface area contributed by atoms with Gasteiger partial charge in [0.1, 0.15) is 4.90 Å². The zero-order chi connectivity index (χ0) is 22.8. The van der Waals surface area contributed by atoms with Gasteiger partial charge in [-0.2, -0.15) is 4.31 Å². The van der Waals surface area contributed by atoms with Crippen molar-refractivity contribution < 1.29 is 13.2 Å². The van der Waals surface area contributed by atoms with Gasteiger partial charge in [-0.3, -0.25) is 4.79 Å². The summed E-state index contributed by atoms with van der Waals surface area (Å²) in [4.78, 5) is 18.3. The van der Waals surface area contributed by atoms with E-state index in [1.807, 2.05) is 12.1 Å². The quantitative estimate of drug-likeness (QED) is 0.639. The van der Waals surface area contributed by atoms with Gasteiger partial charge in [-0.15, -0.1) is 0 Å². The Kier molecular flexibility index (Phi) is 6.98. The maximum atomic E-state index is 13.8. The van der Waals surface area contributed by atoms with Crippen LogP contribution in [0.3, 0.4) is 0 Å². The highest BCUT2D eigenvalue weighted by Gasteiger charge is 2.37. The topological polar surface area (TPSA) is 60.9 Å². The summed E-state index contributed by atoms with van der Waals surface area (Å²) >= 11 is 0. The van der Waals surface area contributed by atoms with Crippen molar-refractivity contribution in [1.82, 2.24) is 9.21 Å². The number of carbonyl (C=O) groups excluding carboxylic acids is 1.